The Morgan fingerprint density at radius 2 is 1.76 bits per heavy atom. The molecule has 0 bridgehead atoms. The maximum absolute atomic E-state index is 14.0. The number of hydrogen-bond acceptors (Lipinski definition) is 6. The molecule has 0 spiro atoms. The Bertz CT molecular complexity index is 1270. The Balaban J connectivity index is 1.24. The van der Waals surface area contributed by atoms with Gasteiger partial charge < -0.3 is 15.4 Å². The molecule has 4 aliphatic rings. The van der Waals surface area contributed by atoms with Gasteiger partial charge >= 0.3 is 5.91 Å². The Morgan fingerprint density at radius 3 is 2.42 bits per heavy atom. The number of fused-ring (bicyclic) bond motifs is 1. The molecule has 1 saturated carbocycles. The normalized spacial score (nSPS) is 23.4. The number of halogens is 3. The van der Waals surface area contributed by atoms with Crippen molar-refractivity contribution in [1.29, 1.82) is 0 Å². The molecule has 7 nitrogen and oxygen atoms in total. The molecule has 2 aromatic rings. The second kappa shape index (κ2) is 9.50. The highest BCUT2D eigenvalue weighted by atomic mass is 19.1. The van der Waals surface area contributed by atoms with Crippen LogP contribution >= 0.6 is 0 Å². The topological polar surface area (TPSA) is 65.3 Å². The van der Waals surface area contributed by atoms with Crippen LogP contribution in [0.5, 0.6) is 0 Å². The molecule has 2 N–H and O–H groups in total. The van der Waals surface area contributed by atoms with Gasteiger partial charge in [0.25, 0.3) is 0 Å². The molecule has 2 aliphatic carbocycles. The van der Waals surface area contributed by atoms with E-state index in [1.165, 1.54) is 16.1 Å². The average Bonchev–Trinajstić information content (AvgIpc) is 3.65. The van der Waals surface area contributed by atoms with Gasteiger partial charge in [-0.1, -0.05) is 6.07 Å². The molecule has 1 amide bonds. The van der Waals surface area contributed by atoms with Crippen LogP contribution in [0.4, 0.5) is 24.5 Å². The molecule has 2 fully saturated rings. The lowest BCUT2D eigenvalue weighted by atomic mass is 9.81. The van der Waals surface area contributed by atoms with E-state index in [9.17, 15) is 18.0 Å². The minimum Gasteiger partial charge on any atom is -0.486 e. The zero-order valence-electron chi connectivity index (χ0n) is 21.4. The standard InChI is InChI=1S/C28H32F3N5O2/c1-33-15-25(35-8-6-34(7-9-35)24-10-18-2-3-21(32)14-23(18)24)26(38-17-28(16-29)4-5-28)27(37)36(33)22-12-19(30)11-20(31)13-22/h2-3,11-14,24H,4-10,15-17,32H2,1H3. The molecule has 38 heavy (non-hydrogen) atoms. The first kappa shape index (κ1) is 25.1. The SMILES string of the molecule is CN1CC(N2CCN(C3Cc4ccc(N)cc43)CC2)=C(OCC2(CF)CC2)C(=O)N1c1cc(F)cc(F)c1. The maximum atomic E-state index is 14.0. The number of likely N-dealkylation sites (N-methyl/N-ethyl adjacent to an activating group) is 1. The molecular formula is C28H32F3N5O2. The lowest BCUT2D eigenvalue weighted by Gasteiger charge is -2.47. The molecule has 1 saturated heterocycles. The quantitative estimate of drug-likeness (QED) is 0.555. The fourth-order valence-corrected chi connectivity index (χ4v) is 5.74. The lowest BCUT2D eigenvalue weighted by molar-refractivity contribution is -0.123. The van der Waals surface area contributed by atoms with Crippen molar-refractivity contribution < 1.29 is 22.7 Å². The fraction of sp³-hybridized carbons (Fsp3) is 0.464. The highest BCUT2D eigenvalue weighted by Crippen LogP contribution is 2.47. The summed E-state index contributed by atoms with van der Waals surface area (Å²) in [6, 6.07) is 9.43. The number of anilines is 2. The van der Waals surface area contributed by atoms with Crippen molar-refractivity contribution in [2.45, 2.75) is 25.3 Å². The van der Waals surface area contributed by atoms with Crippen LogP contribution in [0.25, 0.3) is 0 Å². The van der Waals surface area contributed by atoms with Crippen molar-refractivity contribution in [3.05, 3.63) is 70.6 Å². The number of nitrogen functional groups attached to an aromatic ring is 1. The summed E-state index contributed by atoms with van der Waals surface area (Å²) in [4.78, 5) is 18.3. The van der Waals surface area contributed by atoms with Gasteiger partial charge in [0.05, 0.1) is 31.2 Å². The number of rotatable bonds is 7. The first-order valence-corrected chi connectivity index (χ1v) is 13.1. The van der Waals surface area contributed by atoms with Crippen LogP contribution in [0.3, 0.4) is 0 Å². The van der Waals surface area contributed by atoms with E-state index in [-0.39, 0.29) is 18.1 Å². The molecule has 2 aliphatic heterocycles. The molecule has 1 unspecified atom stereocenters. The van der Waals surface area contributed by atoms with Crippen LogP contribution in [0, 0.1) is 17.0 Å². The third kappa shape index (κ3) is 4.49. The zero-order valence-corrected chi connectivity index (χ0v) is 21.4. The predicted octanol–water partition coefficient (Wildman–Crippen LogP) is 3.63. The van der Waals surface area contributed by atoms with Gasteiger partial charge in [-0.05, 0) is 54.7 Å². The van der Waals surface area contributed by atoms with E-state index in [1.807, 2.05) is 6.07 Å². The fourth-order valence-electron chi connectivity index (χ4n) is 5.74. The minimum atomic E-state index is -0.775. The van der Waals surface area contributed by atoms with Crippen LogP contribution in [0.15, 0.2) is 47.9 Å². The smallest absolute Gasteiger partial charge is 0.309 e. The van der Waals surface area contributed by atoms with Gasteiger partial charge in [-0.15, -0.1) is 0 Å². The number of benzene rings is 2. The van der Waals surface area contributed by atoms with Crippen LogP contribution in [-0.2, 0) is 16.0 Å². The van der Waals surface area contributed by atoms with Crippen molar-refractivity contribution in [2.75, 3.05) is 63.8 Å². The first-order chi connectivity index (χ1) is 18.3. The Hall–Kier alpha value is -3.24. The number of hydrazine groups is 1. The summed E-state index contributed by atoms with van der Waals surface area (Å²) in [7, 11) is 1.70. The highest BCUT2D eigenvalue weighted by Gasteiger charge is 2.46. The minimum absolute atomic E-state index is 0.0783. The van der Waals surface area contributed by atoms with E-state index in [0.29, 0.717) is 38.5 Å². The van der Waals surface area contributed by atoms with Crippen LogP contribution in [0.1, 0.15) is 30.0 Å². The summed E-state index contributed by atoms with van der Waals surface area (Å²) < 4.78 is 47.7. The van der Waals surface area contributed by atoms with E-state index in [1.54, 1.807) is 12.1 Å². The molecule has 0 aromatic heterocycles. The zero-order chi connectivity index (χ0) is 26.6. The molecule has 2 heterocycles. The van der Waals surface area contributed by atoms with Crippen LogP contribution in [-0.4, -0.2) is 73.8 Å². The van der Waals surface area contributed by atoms with Crippen LogP contribution in [0.2, 0.25) is 0 Å². The van der Waals surface area contributed by atoms with E-state index >= 15 is 0 Å². The third-order valence-electron chi connectivity index (χ3n) is 8.30. The van der Waals surface area contributed by atoms with Crippen molar-refractivity contribution in [2.24, 2.45) is 5.41 Å². The van der Waals surface area contributed by atoms with Gasteiger partial charge in [-0.25, -0.2) is 18.8 Å². The second-order valence-electron chi connectivity index (χ2n) is 11.0. The van der Waals surface area contributed by atoms with Crippen molar-refractivity contribution in [1.82, 2.24) is 14.8 Å². The van der Waals surface area contributed by atoms with Crippen LogP contribution < -0.4 is 10.7 Å². The van der Waals surface area contributed by atoms with E-state index < -0.39 is 29.6 Å². The molecule has 202 valence electrons. The van der Waals surface area contributed by atoms with E-state index in [4.69, 9.17) is 10.5 Å². The number of alkyl halides is 1. The van der Waals surface area contributed by atoms with E-state index in [0.717, 1.165) is 49.1 Å². The molecule has 6 rings (SSSR count). The van der Waals surface area contributed by atoms with Gasteiger partial charge in [-0.3, -0.25) is 14.1 Å². The van der Waals surface area contributed by atoms with Crippen molar-refractivity contribution in [3.8, 4) is 0 Å². The third-order valence-corrected chi connectivity index (χ3v) is 8.30. The Labute approximate surface area is 220 Å². The van der Waals surface area contributed by atoms with E-state index in [2.05, 4.69) is 21.9 Å². The summed E-state index contributed by atoms with van der Waals surface area (Å²) in [5, 5.41) is 2.87. The Kier molecular flexibility index (Phi) is 6.26. The molecule has 2 aromatic carbocycles. The number of ether oxygens (including phenoxy) is 1. The van der Waals surface area contributed by atoms with Gasteiger partial charge in [0, 0.05) is 56.4 Å². The summed E-state index contributed by atoms with van der Waals surface area (Å²) in [6.07, 6.45) is 2.43. The van der Waals surface area contributed by atoms with Gasteiger partial charge in [0.2, 0.25) is 5.76 Å². The number of piperazine rings is 1. The molecule has 1 atom stereocenters. The largest absolute Gasteiger partial charge is 0.486 e. The summed E-state index contributed by atoms with van der Waals surface area (Å²) in [5.74, 6) is -1.94. The second-order valence-corrected chi connectivity index (χ2v) is 11.0. The van der Waals surface area contributed by atoms with Gasteiger partial charge in [0.1, 0.15) is 11.6 Å². The van der Waals surface area contributed by atoms with Crippen molar-refractivity contribution in [3.63, 3.8) is 0 Å². The monoisotopic (exact) mass is 527 g/mol. The average molecular weight is 528 g/mol. The first-order valence-electron chi connectivity index (χ1n) is 13.1. The predicted molar refractivity (Wildman–Crippen MR) is 138 cm³/mol. The van der Waals surface area contributed by atoms with Gasteiger partial charge in [0.15, 0.2) is 0 Å². The van der Waals surface area contributed by atoms with Crippen molar-refractivity contribution >= 4 is 17.3 Å². The number of nitrogens with two attached hydrogens (primary N) is 1. The molecule has 0 radical (unpaired) electrons. The number of carbonyl (C=O) groups is 1. The summed E-state index contributed by atoms with van der Waals surface area (Å²) >= 11 is 0. The lowest BCUT2D eigenvalue weighted by Crippen LogP contribution is -2.56. The summed E-state index contributed by atoms with van der Waals surface area (Å²) in [5.41, 5.74) is 9.65. The molecule has 10 heteroatoms. The maximum Gasteiger partial charge on any atom is 0.309 e. The highest BCUT2D eigenvalue weighted by molar-refractivity contribution is 6.04. The number of nitrogens with zero attached hydrogens (tertiary/aromatic N) is 4. The molecular weight excluding hydrogens is 495 g/mol. The number of hydrogen-bond donors (Lipinski definition) is 1. The summed E-state index contributed by atoms with van der Waals surface area (Å²) in [6.45, 7) is 2.91. The van der Waals surface area contributed by atoms with Gasteiger partial charge in [-0.2, -0.15) is 0 Å². The number of carbonyl (C=O) groups excluding carboxylic acids is 1. The Morgan fingerprint density at radius 1 is 1.05 bits per heavy atom. The number of amides is 1.